The Balaban J connectivity index is 2.23. The van der Waals surface area contributed by atoms with Crippen LogP contribution in [0, 0.1) is 29.1 Å². The van der Waals surface area contributed by atoms with Gasteiger partial charge < -0.3 is 4.43 Å². The maximum atomic E-state index is 13.5. The van der Waals surface area contributed by atoms with Gasteiger partial charge in [-0.15, -0.1) is 0 Å². The first-order chi connectivity index (χ1) is 12.2. The molecule has 0 atom stereocenters. The summed E-state index contributed by atoms with van der Waals surface area (Å²) < 4.78 is 72.1. The lowest BCUT2D eigenvalue weighted by Crippen LogP contribution is -2.29. The Bertz CT molecular complexity index is 549. The monoisotopic (exact) mass is 396 g/mol. The molecule has 0 aliphatic carbocycles. The molecule has 0 aliphatic rings. The van der Waals surface area contributed by atoms with E-state index < -0.39 is 43.0 Å². The summed E-state index contributed by atoms with van der Waals surface area (Å²) >= 11 is 0. The van der Waals surface area contributed by atoms with Crippen LogP contribution < -0.4 is 0 Å². The molecule has 150 valence electrons. The number of rotatable bonds is 12. The molecule has 0 saturated heterocycles. The molecule has 0 unspecified atom stereocenters. The third-order valence-electron chi connectivity index (χ3n) is 4.54. The fourth-order valence-electron chi connectivity index (χ4n) is 3.07. The molecule has 0 aliphatic heterocycles. The van der Waals surface area contributed by atoms with Crippen LogP contribution in [0.5, 0.6) is 0 Å². The molecular formula is C19H29F5OSi. The quantitative estimate of drug-likeness (QED) is 0.123. The minimum Gasteiger partial charge on any atom is -0.418 e. The molecule has 7 heteroatoms. The summed E-state index contributed by atoms with van der Waals surface area (Å²) in [6.07, 6.45) is 6.22. The molecule has 0 N–H and O–H groups in total. The van der Waals surface area contributed by atoms with Crippen molar-refractivity contribution in [1.82, 2.24) is 0 Å². The van der Waals surface area contributed by atoms with Crippen molar-refractivity contribution in [3.05, 3.63) is 34.6 Å². The number of hydrogen-bond donors (Lipinski definition) is 0. The van der Waals surface area contributed by atoms with Crippen molar-refractivity contribution < 1.29 is 26.4 Å². The highest BCUT2D eigenvalue weighted by Gasteiger charge is 2.25. The molecule has 1 aromatic carbocycles. The van der Waals surface area contributed by atoms with E-state index in [0.29, 0.717) is 12.8 Å². The zero-order valence-corrected chi connectivity index (χ0v) is 16.9. The van der Waals surface area contributed by atoms with Gasteiger partial charge in [0.15, 0.2) is 31.6 Å². The van der Waals surface area contributed by atoms with E-state index >= 15 is 0 Å². The summed E-state index contributed by atoms with van der Waals surface area (Å²) in [6.45, 7) is 7.22. The summed E-state index contributed by atoms with van der Waals surface area (Å²) in [4.78, 5) is 0. The number of halogens is 5. The molecule has 0 fully saturated rings. The first-order valence-corrected chi connectivity index (χ1v) is 12.5. The van der Waals surface area contributed by atoms with Crippen LogP contribution in [0.2, 0.25) is 19.1 Å². The number of benzene rings is 1. The lowest BCUT2D eigenvalue weighted by atomic mass is 10.0. The van der Waals surface area contributed by atoms with Gasteiger partial charge in [0.05, 0.1) is 0 Å². The SMILES string of the molecule is CCO[Si](C)(C)CCCCCCCCCc1c(F)c(F)c(F)c(F)c1F. The van der Waals surface area contributed by atoms with Gasteiger partial charge in [0.1, 0.15) is 0 Å². The van der Waals surface area contributed by atoms with Crippen LogP contribution in [0.3, 0.4) is 0 Å². The van der Waals surface area contributed by atoms with Crippen molar-refractivity contribution in [1.29, 1.82) is 0 Å². The summed E-state index contributed by atoms with van der Waals surface area (Å²) in [6, 6.07) is 1.14. The minimum absolute atomic E-state index is 0.139. The summed E-state index contributed by atoms with van der Waals surface area (Å²) in [5.41, 5.74) is -0.704. The van der Waals surface area contributed by atoms with Crippen molar-refractivity contribution in [2.24, 2.45) is 0 Å². The van der Waals surface area contributed by atoms with Gasteiger partial charge in [-0.1, -0.05) is 38.5 Å². The second-order valence-corrected chi connectivity index (χ2v) is 11.5. The Kier molecular flexibility index (Phi) is 9.78. The molecule has 26 heavy (non-hydrogen) atoms. The topological polar surface area (TPSA) is 9.23 Å². The molecule has 1 nitrogen and oxygen atoms in total. The molecule has 0 heterocycles. The molecule has 0 aromatic heterocycles. The first-order valence-electron chi connectivity index (χ1n) is 9.35. The van der Waals surface area contributed by atoms with Gasteiger partial charge >= 0.3 is 0 Å². The number of unbranched alkanes of at least 4 members (excludes halogenated alkanes) is 6. The maximum absolute atomic E-state index is 13.5. The minimum atomic E-state index is -2.10. The summed E-state index contributed by atoms with van der Waals surface area (Å²) in [5, 5.41) is 0. The average molecular weight is 397 g/mol. The van der Waals surface area contributed by atoms with Crippen LogP contribution in [0.25, 0.3) is 0 Å². The fraction of sp³-hybridized carbons (Fsp3) is 0.684. The van der Waals surface area contributed by atoms with Crippen molar-refractivity contribution in [2.75, 3.05) is 6.61 Å². The van der Waals surface area contributed by atoms with E-state index in [1.54, 1.807) is 0 Å². The molecule has 1 aromatic rings. The van der Waals surface area contributed by atoms with Crippen LogP contribution in [0.1, 0.15) is 57.4 Å². The zero-order chi connectivity index (χ0) is 19.7. The van der Waals surface area contributed by atoms with E-state index in [1.807, 2.05) is 6.92 Å². The van der Waals surface area contributed by atoms with Gasteiger partial charge in [0.25, 0.3) is 0 Å². The molecule has 0 saturated carbocycles. The van der Waals surface area contributed by atoms with E-state index in [1.165, 1.54) is 0 Å². The average Bonchev–Trinajstić information content (AvgIpc) is 2.59. The molecular weight excluding hydrogens is 367 g/mol. The Morgan fingerprint density at radius 3 is 1.58 bits per heavy atom. The Hall–Kier alpha value is -0.953. The van der Waals surface area contributed by atoms with Crippen LogP contribution >= 0.6 is 0 Å². The van der Waals surface area contributed by atoms with Crippen LogP contribution in [-0.2, 0) is 10.8 Å². The maximum Gasteiger partial charge on any atom is 0.200 e. The smallest absolute Gasteiger partial charge is 0.200 e. The van der Waals surface area contributed by atoms with Crippen molar-refractivity contribution >= 4 is 8.32 Å². The first kappa shape index (κ1) is 23.1. The van der Waals surface area contributed by atoms with Gasteiger partial charge in [-0.3, -0.25) is 0 Å². The zero-order valence-electron chi connectivity index (χ0n) is 15.9. The fourth-order valence-corrected chi connectivity index (χ4v) is 5.10. The molecule has 0 radical (unpaired) electrons. The van der Waals surface area contributed by atoms with E-state index in [0.717, 1.165) is 44.8 Å². The third kappa shape index (κ3) is 6.99. The molecule has 0 spiro atoms. The van der Waals surface area contributed by atoms with Crippen molar-refractivity contribution in [2.45, 2.75) is 77.4 Å². The van der Waals surface area contributed by atoms with E-state index in [9.17, 15) is 22.0 Å². The van der Waals surface area contributed by atoms with Crippen LogP contribution in [0.4, 0.5) is 22.0 Å². The van der Waals surface area contributed by atoms with Gasteiger partial charge in [0.2, 0.25) is 5.82 Å². The largest absolute Gasteiger partial charge is 0.418 e. The van der Waals surface area contributed by atoms with E-state index in [2.05, 4.69) is 13.1 Å². The molecule has 0 amide bonds. The highest BCUT2D eigenvalue weighted by Crippen LogP contribution is 2.25. The van der Waals surface area contributed by atoms with Gasteiger partial charge in [-0.05, 0) is 38.9 Å². The van der Waals surface area contributed by atoms with Crippen LogP contribution in [0.15, 0.2) is 0 Å². The Morgan fingerprint density at radius 2 is 1.08 bits per heavy atom. The predicted molar refractivity (Wildman–Crippen MR) is 96.2 cm³/mol. The highest BCUT2D eigenvalue weighted by atomic mass is 28.4. The predicted octanol–water partition coefficient (Wildman–Crippen LogP) is 6.90. The number of hydrogen-bond acceptors (Lipinski definition) is 1. The lowest BCUT2D eigenvalue weighted by Gasteiger charge is -2.21. The van der Waals surface area contributed by atoms with Crippen molar-refractivity contribution in [3.63, 3.8) is 0 Å². The van der Waals surface area contributed by atoms with Gasteiger partial charge in [-0.2, -0.15) is 0 Å². The molecule has 1 rings (SSSR count). The standard InChI is InChI=1S/C19H29F5OSi/c1-4-25-26(2,3)13-11-9-7-5-6-8-10-12-14-15(20)17(22)19(24)18(23)16(14)21/h4-13H2,1-3H3. The lowest BCUT2D eigenvalue weighted by molar-refractivity contribution is 0.327. The van der Waals surface area contributed by atoms with Crippen LogP contribution in [-0.4, -0.2) is 14.9 Å². The van der Waals surface area contributed by atoms with Gasteiger partial charge in [0, 0.05) is 12.2 Å². The Labute approximate surface area is 154 Å². The van der Waals surface area contributed by atoms with E-state index in [-0.39, 0.29) is 6.42 Å². The normalized spacial score (nSPS) is 12.0. The highest BCUT2D eigenvalue weighted by molar-refractivity contribution is 6.71. The Morgan fingerprint density at radius 1 is 0.654 bits per heavy atom. The summed E-state index contributed by atoms with van der Waals surface area (Å²) in [5.74, 6) is -9.24. The second kappa shape index (κ2) is 11.0. The van der Waals surface area contributed by atoms with Crippen molar-refractivity contribution in [3.8, 4) is 0 Å². The van der Waals surface area contributed by atoms with Gasteiger partial charge in [-0.25, -0.2) is 22.0 Å². The molecule has 0 bridgehead atoms. The van der Waals surface area contributed by atoms with E-state index in [4.69, 9.17) is 4.43 Å². The second-order valence-electron chi connectivity index (χ2n) is 7.22. The summed E-state index contributed by atoms with van der Waals surface area (Å²) in [7, 11) is -1.51. The third-order valence-corrected chi connectivity index (χ3v) is 7.17.